The second kappa shape index (κ2) is 6.96. The Morgan fingerprint density at radius 2 is 1.90 bits per heavy atom. The number of nitrogens with one attached hydrogen (secondary N) is 1. The van der Waals surface area contributed by atoms with E-state index in [0.717, 1.165) is 22.7 Å². The lowest BCUT2D eigenvalue weighted by molar-refractivity contribution is 0.378. The van der Waals surface area contributed by atoms with Crippen molar-refractivity contribution < 1.29 is 8.42 Å². The van der Waals surface area contributed by atoms with Gasteiger partial charge in [-0.1, -0.05) is 18.5 Å². The summed E-state index contributed by atoms with van der Waals surface area (Å²) in [6.45, 7) is 6.84. The Kier molecular flexibility index (Phi) is 5.48. The first-order chi connectivity index (χ1) is 9.94. The number of benzene rings is 1. The molecular formula is C14H22ClN3O2S. The molecule has 0 aliphatic carbocycles. The van der Waals surface area contributed by atoms with Gasteiger partial charge in [-0.15, -0.1) is 0 Å². The highest BCUT2D eigenvalue weighted by molar-refractivity contribution is 7.87. The molecule has 2 rings (SSSR count). The first-order valence-corrected chi connectivity index (χ1v) is 9.01. The lowest BCUT2D eigenvalue weighted by Gasteiger charge is -2.36. The molecule has 1 aliphatic heterocycles. The predicted octanol–water partition coefficient (Wildman–Crippen LogP) is 2.01. The number of rotatable bonds is 5. The van der Waals surface area contributed by atoms with Crippen LogP contribution in [0.1, 0.15) is 18.9 Å². The van der Waals surface area contributed by atoms with E-state index in [1.807, 2.05) is 32.0 Å². The highest BCUT2D eigenvalue weighted by Crippen LogP contribution is 2.24. The van der Waals surface area contributed by atoms with Crippen LogP contribution >= 0.6 is 11.6 Å². The van der Waals surface area contributed by atoms with Gasteiger partial charge in [-0.3, -0.25) is 0 Å². The van der Waals surface area contributed by atoms with Gasteiger partial charge in [0.15, 0.2) is 0 Å². The molecule has 1 N–H and O–H groups in total. The molecule has 0 unspecified atom stereocenters. The molecule has 0 saturated carbocycles. The largest absolute Gasteiger partial charge is 0.369 e. The van der Waals surface area contributed by atoms with Crippen LogP contribution in [0.5, 0.6) is 0 Å². The molecule has 0 radical (unpaired) electrons. The van der Waals surface area contributed by atoms with Crippen LogP contribution in [0.4, 0.5) is 5.69 Å². The van der Waals surface area contributed by atoms with Crippen molar-refractivity contribution in [2.45, 2.75) is 20.3 Å². The molecule has 0 spiro atoms. The zero-order valence-corrected chi connectivity index (χ0v) is 14.0. The Balaban J connectivity index is 2.00. The molecule has 1 saturated heterocycles. The van der Waals surface area contributed by atoms with Gasteiger partial charge in [0.05, 0.1) is 0 Å². The number of anilines is 1. The fourth-order valence-corrected chi connectivity index (χ4v) is 3.98. The number of piperazine rings is 1. The van der Waals surface area contributed by atoms with E-state index in [-0.39, 0.29) is 0 Å². The van der Waals surface area contributed by atoms with Crippen molar-refractivity contribution >= 4 is 27.5 Å². The zero-order chi connectivity index (χ0) is 15.5. The minimum Gasteiger partial charge on any atom is -0.369 e. The lowest BCUT2D eigenvalue weighted by Crippen LogP contribution is -2.52. The van der Waals surface area contributed by atoms with Gasteiger partial charge < -0.3 is 4.90 Å². The van der Waals surface area contributed by atoms with Crippen LogP contribution in [-0.4, -0.2) is 45.4 Å². The van der Waals surface area contributed by atoms with Crippen molar-refractivity contribution in [2.24, 2.45) is 0 Å². The van der Waals surface area contributed by atoms with E-state index in [0.29, 0.717) is 32.7 Å². The monoisotopic (exact) mass is 331 g/mol. The molecule has 1 fully saturated rings. The Bertz CT molecular complexity index is 584. The second-order valence-electron chi connectivity index (χ2n) is 5.22. The van der Waals surface area contributed by atoms with E-state index in [2.05, 4.69) is 9.62 Å². The Morgan fingerprint density at radius 1 is 1.24 bits per heavy atom. The summed E-state index contributed by atoms with van der Waals surface area (Å²) in [5, 5.41) is 0.723. The smallest absolute Gasteiger partial charge is 0.279 e. The summed E-state index contributed by atoms with van der Waals surface area (Å²) >= 11 is 5.97. The van der Waals surface area contributed by atoms with E-state index < -0.39 is 10.2 Å². The Hall–Kier alpha value is -0.820. The number of nitrogens with zero attached hydrogens (tertiary/aromatic N) is 2. The van der Waals surface area contributed by atoms with Crippen molar-refractivity contribution in [3.8, 4) is 0 Å². The highest BCUT2D eigenvalue weighted by Gasteiger charge is 2.26. The van der Waals surface area contributed by atoms with E-state index >= 15 is 0 Å². The van der Waals surface area contributed by atoms with Crippen LogP contribution in [0, 0.1) is 6.92 Å². The molecule has 21 heavy (non-hydrogen) atoms. The molecule has 1 aliphatic rings. The number of hydrogen-bond donors (Lipinski definition) is 1. The van der Waals surface area contributed by atoms with E-state index in [4.69, 9.17) is 11.6 Å². The molecule has 0 aromatic heterocycles. The standard InChI is InChI=1S/C14H22ClN3O2S/c1-3-6-16-21(19,20)18-9-7-17(8-10-18)14-5-4-13(15)11-12(14)2/h4-5,11,16H,3,6-10H2,1-2H3. The van der Waals surface area contributed by atoms with Gasteiger partial charge in [0.25, 0.3) is 10.2 Å². The molecule has 1 heterocycles. The predicted molar refractivity (Wildman–Crippen MR) is 87.2 cm³/mol. The van der Waals surface area contributed by atoms with E-state index in [1.165, 1.54) is 4.31 Å². The van der Waals surface area contributed by atoms with Gasteiger partial charge in [0.2, 0.25) is 0 Å². The van der Waals surface area contributed by atoms with Gasteiger partial charge in [0, 0.05) is 43.4 Å². The average molecular weight is 332 g/mol. The second-order valence-corrected chi connectivity index (χ2v) is 7.41. The van der Waals surface area contributed by atoms with E-state index in [9.17, 15) is 8.42 Å². The fourth-order valence-electron chi connectivity index (χ4n) is 2.47. The quantitative estimate of drug-likeness (QED) is 0.898. The summed E-state index contributed by atoms with van der Waals surface area (Å²) in [6, 6.07) is 5.80. The summed E-state index contributed by atoms with van der Waals surface area (Å²) in [5.74, 6) is 0. The first kappa shape index (κ1) is 16.5. The van der Waals surface area contributed by atoms with Crippen LogP contribution < -0.4 is 9.62 Å². The third kappa shape index (κ3) is 4.10. The molecule has 7 heteroatoms. The third-order valence-electron chi connectivity index (χ3n) is 3.61. The molecule has 5 nitrogen and oxygen atoms in total. The Morgan fingerprint density at radius 3 is 2.48 bits per heavy atom. The minimum atomic E-state index is -3.33. The molecule has 1 aromatic carbocycles. The van der Waals surface area contributed by atoms with Crippen LogP contribution in [0.2, 0.25) is 5.02 Å². The zero-order valence-electron chi connectivity index (χ0n) is 12.5. The summed E-state index contributed by atoms with van der Waals surface area (Å²) in [5.41, 5.74) is 2.24. The van der Waals surface area contributed by atoms with Crippen LogP contribution in [-0.2, 0) is 10.2 Å². The summed E-state index contributed by atoms with van der Waals surface area (Å²) in [4.78, 5) is 2.21. The molecule has 0 atom stereocenters. The third-order valence-corrected chi connectivity index (χ3v) is 5.46. The van der Waals surface area contributed by atoms with Crippen molar-refractivity contribution in [2.75, 3.05) is 37.6 Å². The summed E-state index contributed by atoms with van der Waals surface area (Å²) in [6.07, 6.45) is 0.795. The fraction of sp³-hybridized carbons (Fsp3) is 0.571. The van der Waals surface area contributed by atoms with Gasteiger partial charge in [0.1, 0.15) is 0 Å². The van der Waals surface area contributed by atoms with Gasteiger partial charge in [-0.05, 0) is 37.1 Å². The maximum atomic E-state index is 12.1. The van der Waals surface area contributed by atoms with Gasteiger partial charge in [-0.25, -0.2) is 4.72 Å². The van der Waals surface area contributed by atoms with Crippen molar-refractivity contribution in [3.05, 3.63) is 28.8 Å². The van der Waals surface area contributed by atoms with Crippen molar-refractivity contribution in [1.29, 1.82) is 0 Å². The SMILES string of the molecule is CCCNS(=O)(=O)N1CCN(c2ccc(Cl)cc2C)CC1. The van der Waals surface area contributed by atoms with Crippen LogP contribution in [0.15, 0.2) is 18.2 Å². The number of hydrogen-bond acceptors (Lipinski definition) is 3. The molecule has 118 valence electrons. The maximum Gasteiger partial charge on any atom is 0.279 e. The topological polar surface area (TPSA) is 52.7 Å². The minimum absolute atomic E-state index is 0.485. The molecular weight excluding hydrogens is 310 g/mol. The lowest BCUT2D eigenvalue weighted by atomic mass is 10.1. The van der Waals surface area contributed by atoms with Gasteiger partial charge in [-0.2, -0.15) is 12.7 Å². The average Bonchev–Trinajstić information content (AvgIpc) is 2.45. The maximum absolute atomic E-state index is 12.1. The number of halogens is 1. The Labute approximate surface area is 132 Å². The highest BCUT2D eigenvalue weighted by atomic mass is 35.5. The van der Waals surface area contributed by atoms with Crippen molar-refractivity contribution in [3.63, 3.8) is 0 Å². The van der Waals surface area contributed by atoms with Gasteiger partial charge >= 0.3 is 0 Å². The molecule has 0 bridgehead atoms. The van der Waals surface area contributed by atoms with Crippen LogP contribution in [0.3, 0.4) is 0 Å². The molecule has 0 amide bonds. The molecule has 1 aromatic rings. The number of aryl methyl sites for hydroxylation is 1. The van der Waals surface area contributed by atoms with Crippen molar-refractivity contribution in [1.82, 2.24) is 9.03 Å². The summed E-state index contributed by atoms with van der Waals surface area (Å²) < 4.78 is 28.3. The van der Waals surface area contributed by atoms with Crippen LogP contribution in [0.25, 0.3) is 0 Å². The first-order valence-electron chi connectivity index (χ1n) is 7.20. The van der Waals surface area contributed by atoms with E-state index in [1.54, 1.807) is 0 Å². The normalized spacial score (nSPS) is 17.2. The summed E-state index contributed by atoms with van der Waals surface area (Å²) in [7, 11) is -3.33.